The molecule has 0 aliphatic heterocycles. The molecule has 0 heterocycles. The molecule has 0 aliphatic carbocycles. The molecule has 18 heavy (non-hydrogen) atoms. The second kappa shape index (κ2) is 8.00. The summed E-state index contributed by atoms with van der Waals surface area (Å²) in [6, 6.07) is 8.27. The Hall–Kier alpha value is -1.20. The summed E-state index contributed by atoms with van der Waals surface area (Å²) in [4.78, 5) is 0.797. The van der Waals surface area contributed by atoms with Gasteiger partial charge >= 0.3 is 0 Å². The summed E-state index contributed by atoms with van der Waals surface area (Å²) < 4.78 is 0. The van der Waals surface area contributed by atoms with Crippen LogP contribution in [0.4, 0.5) is 5.69 Å². The lowest BCUT2D eigenvalue weighted by atomic mass is 10.1. The van der Waals surface area contributed by atoms with Crippen molar-refractivity contribution in [2.75, 3.05) is 18.4 Å². The third-order valence-electron chi connectivity index (χ3n) is 2.40. The highest BCUT2D eigenvalue weighted by Crippen LogP contribution is 2.09. The van der Waals surface area contributed by atoms with Crippen molar-refractivity contribution in [2.24, 2.45) is 0 Å². The number of aryl methyl sites for hydroxylation is 1. The zero-order chi connectivity index (χ0) is 13.4. The van der Waals surface area contributed by atoms with Gasteiger partial charge < -0.3 is 16.0 Å². The van der Waals surface area contributed by atoms with Crippen LogP contribution in [0.2, 0.25) is 0 Å². The number of benzene rings is 1. The van der Waals surface area contributed by atoms with Crippen LogP contribution in [-0.4, -0.2) is 23.2 Å². The molecule has 5 heteroatoms. The summed E-state index contributed by atoms with van der Waals surface area (Å²) in [6.45, 7) is 5.51. The Bertz CT molecular complexity index is 401. The fourth-order valence-electron chi connectivity index (χ4n) is 1.41. The minimum Gasteiger partial charge on any atom is -0.378 e. The average Bonchev–Trinajstić information content (AvgIpc) is 2.35. The summed E-state index contributed by atoms with van der Waals surface area (Å²) in [5, 5.41) is 9.94. The van der Waals surface area contributed by atoms with Crippen molar-refractivity contribution < 1.29 is 0 Å². The highest BCUT2D eigenvalue weighted by molar-refractivity contribution is 7.80. The van der Waals surface area contributed by atoms with E-state index in [0.29, 0.717) is 5.11 Å². The van der Waals surface area contributed by atoms with Crippen molar-refractivity contribution >= 4 is 40.2 Å². The van der Waals surface area contributed by atoms with Crippen LogP contribution in [0.15, 0.2) is 24.3 Å². The number of hydrogen-bond donors (Lipinski definition) is 3. The Kier molecular flexibility index (Phi) is 6.60. The minimum absolute atomic E-state index is 0.628. The highest BCUT2D eigenvalue weighted by atomic mass is 32.1. The normalized spacial score (nSPS) is 9.67. The van der Waals surface area contributed by atoms with E-state index in [1.54, 1.807) is 0 Å². The lowest BCUT2D eigenvalue weighted by Gasteiger charge is -2.11. The Morgan fingerprint density at radius 1 is 1.06 bits per heavy atom. The molecule has 0 spiro atoms. The second-order valence-electron chi connectivity index (χ2n) is 3.91. The minimum atomic E-state index is 0.628. The van der Waals surface area contributed by atoms with Gasteiger partial charge in [0.05, 0.1) is 4.99 Å². The first-order valence-corrected chi connectivity index (χ1v) is 6.81. The number of rotatable bonds is 5. The third kappa shape index (κ3) is 5.93. The Balaban J connectivity index is 2.28. The molecule has 0 bridgehead atoms. The molecule has 0 saturated carbocycles. The average molecular weight is 281 g/mol. The van der Waals surface area contributed by atoms with E-state index in [1.165, 1.54) is 5.56 Å². The fraction of sp³-hybridized carbons (Fsp3) is 0.385. The number of thiocarbonyl (C=S) groups is 2. The lowest BCUT2D eigenvalue weighted by Crippen LogP contribution is -2.35. The smallest absolute Gasteiger partial charge is 0.170 e. The molecular formula is C13H19N3S2. The van der Waals surface area contributed by atoms with Gasteiger partial charge in [0.2, 0.25) is 0 Å². The molecule has 3 N–H and O–H groups in total. The van der Waals surface area contributed by atoms with Crippen LogP contribution in [-0.2, 0) is 6.42 Å². The summed E-state index contributed by atoms with van der Waals surface area (Å²) in [6.07, 6.45) is 1.05. The Labute approximate surface area is 119 Å². The van der Waals surface area contributed by atoms with E-state index in [0.717, 1.165) is 30.2 Å². The molecule has 1 rings (SSSR count). The molecule has 0 saturated heterocycles. The predicted molar refractivity (Wildman–Crippen MR) is 86.3 cm³/mol. The van der Waals surface area contributed by atoms with Crippen LogP contribution in [0.1, 0.15) is 19.4 Å². The Morgan fingerprint density at radius 2 is 1.67 bits per heavy atom. The van der Waals surface area contributed by atoms with Crippen molar-refractivity contribution in [1.82, 2.24) is 10.6 Å². The molecular weight excluding hydrogens is 262 g/mol. The summed E-state index contributed by atoms with van der Waals surface area (Å²) in [5.41, 5.74) is 2.32. The van der Waals surface area contributed by atoms with Crippen LogP contribution >= 0.6 is 24.4 Å². The van der Waals surface area contributed by atoms with E-state index in [9.17, 15) is 0 Å². The maximum Gasteiger partial charge on any atom is 0.170 e. The standard InChI is InChI=1S/C13H19N3S2/c1-3-11-4-6-12(7-5-11)16-13(18)15-9-8-14-10(2)17/h4-7H,3,8-9H2,1-2H3,(H,14,17)(H2,15,16,18). The fourth-order valence-corrected chi connectivity index (χ4v) is 1.74. The van der Waals surface area contributed by atoms with Gasteiger partial charge in [-0.05, 0) is 43.3 Å². The third-order valence-corrected chi connectivity index (χ3v) is 2.80. The van der Waals surface area contributed by atoms with Crippen molar-refractivity contribution in [3.63, 3.8) is 0 Å². The number of nitrogens with one attached hydrogen (secondary N) is 3. The van der Waals surface area contributed by atoms with Gasteiger partial charge in [0.15, 0.2) is 5.11 Å². The number of anilines is 1. The van der Waals surface area contributed by atoms with E-state index in [1.807, 2.05) is 19.1 Å². The first-order chi connectivity index (χ1) is 8.61. The maximum atomic E-state index is 5.19. The predicted octanol–water partition coefficient (Wildman–Crippen LogP) is 2.47. The summed E-state index contributed by atoms with van der Waals surface area (Å²) >= 11 is 10.1. The van der Waals surface area contributed by atoms with Crippen molar-refractivity contribution in [2.45, 2.75) is 20.3 Å². The molecule has 0 radical (unpaired) electrons. The van der Waals surface area contributed by atoms with Gasteiger partial charge in [0, 0.05) is 18.8 Å². The van der Waals surface area contributed by atoms with Crippen molar-refractivity contribution in [3.8, 4) is 0 Å². The van der Waals surface area contributed by atoms with Gasteiger partial charge in [-0.15, -0.1) is 0 Å². The van der Waals surface area contributed by atoms with Crippen molar-refractivity contribution in [3.05, 3.63) is 29.8 Å². The SMILES string of the molecule is CCc1ccc(NC(=S)NCCNC(C)=S)cc1. The molecule has 1 aromatic carbocycles. The monoisotopic (exact) mass is 281 g/mol. The molecule has 0 atom stereocenters. The van der Waals surface area contributed by atoms with E-state index in [-0.39, 0.29) is 0 Å². The lowest BCUT2D eigenvalue weighted by molar-refractivity contribution is 0.820. The Morgan fingerprint density at radius 3 is 2.22 bits per heavy atom. The van der Waals surface area contributed by atoms with Gasteiger partial charge in [-0.25, -0.2) is 0 Å². The highest BCUT2D eigenvalue weighted by Gasteiger charge is 1.97. The van der Waals surface area contributed by atoms with Gasteiger partial charge in [-0.1, -0.05) is 31.3 Å². The van der Waals surface area contributed by atoms with E-state index in [4.69, 9.17) is 24.4 Å². The van der Waals surface area contributed by atoms with Gasteiger partial charge in [-0.2, -0.15) is 0 Å². The molecule has 0 fully saturated rings. The molecule has 0 amide bonds. The van der Waals surface area contributed by atoms with Gasteiger partial charge in [0.1, 0.15) is 0 Å². The van der Waals surface area contributed by atoms with Gasteiger partial charge in [-0.3, -0.25) is 0 Å². The van der Waals surface area contributed by atoms with E-state index in [2.05, 4.69) is 35.0 Å². The van der Waals surface area contributed by atoms with Gasteiger partial charge in [0.25, 0.3) is 0 Å². The number of hydrogen-bond acceptors (Lipinski definition) is 2. The van der Waals surface area contributed by atoms with Crippen LogP contribution < -0.4 is 16.0 Å². The zero-order valence-corrected chi connectivity index (χ0v) is 12.4. The summed E-state index contributed by atoms with van der Waals surface area (Å²) in [7, 11) is 0. The quantitative estimate of drug-likeness (QED) is 0.571. The van der Waals surface area contributed by atoms with Crippen LogP contribution in [0, 0.1) is 0 Å². The molecule has 98 valence electrons. The van der Waals surface area contributed by atoms with Crippen LogP contribution in [0.5, 0.6) is 0 Å². The zero-order valence-electron chi connectivity index (χ0n) is 10.7. The first kappa shape index (κ1) is 14.9. The van der Waals surface area contributed by atoms with Crippen LogP contribution in [0.25, 0.3) is 0 Å². The molecule has 3 nitrogen and oxygen atoms in total. The second-order valence-corrected chi connectivity index (χ2v) is 4.93. The maximum absolute atomic E-state index is 5.19. The molecule has 0 aliphatic rings. The first-order valence-electron chi connectivity index (χ1n) is 6.00. The summed E-state index contributed by atoms with van der Waals surface area (Å²) in [5.74, 6) is 0. The van der Waals surface area contributed by atoms with Crippen LogP contribution in [0.3, 0.4) is 0 Å². The van der Waals surface area contributed by atoms with E-state index < -0.39 is 0 Å². The van der Waals surface area contributed by atoms with E-state index >= 15 is 0 Å². The molecule has 1 aromatic rings. The largest absolute Gasteiger partial charge is 0.378 e. The molecule has 0 aromatic heterocycles. The topological polar surface area (TPSA) is 36.1 Å². The van der Waals surface area contributed by atoms with Crippen molar-refractivity contribution in [1.29, 1.82) is 0 Å². The molecule has 0 unspecified atom stereocenters.